The number of hydrogen-bond donors (Lipinski definition) is 2. The maximum absolute atomic E-state index is 10.3. The molecule has 0 amide bonds. The molecule has 0 spiro atoms. The molecule has 0 aromatic carbocycles. The van der Waals surface area contributed by atoms with Crippen molar-refractivity contribution >= 4 is 17.6 Å². The number of rotatable bonds is 3. The Morgan fingerprint density at radius 1 is 1.55 bits per heavy atom. The van der Waals surface area contributed by atoms with Gasteiger partial charge in [-0.3, -0.25) is 0 Å². The maximum Gasteiger partial charge on any atom is 0.334 e. The Morgan fingerprint density at radius 3 is 2.27 bits per heavy atom. The zero-order valence-electron chi connectivity index (χ0n) is 6.47. The van der Waals surface area contributed by atoms with Crippen LogP contribution in [0.25, 0.3) is 0 Å². The van der Waals surface area contributed by atoms with Crippen molar-refractivity contribution in [2.24, 2.45) is 0 Å². The molecule has 0 bridgehead atoms. The van der Waals surface area contributed by atoms with Gasteiger partial charge in [0.15, 0.2) is 0 Å². The summed E-state index contributed by atoms with van der Waals surface area (Å²) in [6, 6.07) is 0. The number of carbonyl (C=O) groups is 1. The molecule has 0 fully saturated rings. The minimum absolute atomic E-state index is 0.0909. The summed E-state index contributed by atoms with van der Waals surface area (Å²) in [7, 11) is 0. The van der Waals surface area contributed by atoms with Gasteiger partial charge in [-0.15, -0.1) is 11.6 Å². The highest BCUT2D eigenvalue weighted by Gasteiger charge is 2.14. The van der Waals surface area contributed by atoms with Crippen LogP contribution in [0.3, 0.4) is 0 Å². The Morgan fingerprint density at radius 2 is 2.00 bits per heavy atom. The van der Waals surface area contributed by atoms with Gasteiger partial charge in [0.05, 0.1) is 11.0 Å². The molecule has 0 aromatic heterocycles. The predicted octanol–water partition coefficient (Wildman–Crippen LogP) is 1.92. The second-order valence-corrected chi connectivity index (χ2v) is 2.72. The van der Waals surface area contributed by atoms with Gasteiger partial charge in [0, 0.05) is 0 Å². The lowest BCUT2D eigenvalue weighted by molar-refractivity contribution is -0.132. The smallest absolute Gasteiger partial charge is 0.334 e. The van der Waals surface area contributed by atoms with E-state index in [1.807, 2.05) is 0 Å². The first kappa shape index (κ1) is 10.3. The van der Waals surface area contributed by atoms with Crippen LogP contribution in [0, 0.1) is 0 Å². The van der Waals surface area contributed by atoms with Gasteiger partial charge < -0.3 is 10.2 Å². The lowest BCUT2D eigenvalue weighted by Crippen LogP contribution is -2.08. The summed E-state index contributed by atoms with van der Waals surface area (Å²) in [5.41, 5.74) is -0.0909. The molecule has 0 aromatic rings. The van der Waals surface area contributed by atoms with E-state index < -0.39 is 11.3 Å². The molecule has 0 saturated heterocycles. The highest BCUT2D eigenvalue weighted by molar-refractivity contribution is 6.22. The number of aliphatic carboxylic acids is 1. The molecule has 4 heteroatoms. The van der Waals surface area contributed by atoms with Crippen molar-refractivity contribution < 1.29 is 15.0 Å². The average molecular weight is 179 g/mol. The lowest BCUT2D eigenvalue weighted by atomic mass is 10.2. The van der Waals surface area contributed by atoms with Crippen molar-refractivity contribution in [3.05, 3.63) is 11.3 Å². The SMILES string of the molecule is CCC(Cl)/C(O)=C(/C)C(=O)O. The molecule has 0 rings (SSSR count). The molecule has 0 heterocycles. The summed E-state index contributed by atoms with van der Waals surface area (Å²) in [5.74, 6) is -1.39. The molecular formula is C7H11ClO3. The lowest BCUT2D eigenvalue weighted by Gasteiger charge is -2.06. The molecule has 1 unspecified atom stereocenters. The second-order valence-electron chi connectivity index (χ2n) is 2.19. The minimum Gasteiger partial charge on any atom is -0.510 e. The summed E-state index contributed by atoms with van der Waals surface area (Å²) < 4.78 is 0. The Hall–Kier alpha value is -0.700. The third-order valence-corrected chi connectivity index (χ3v) is 1.88. The number of carboxylic acids is 1. The Bertz CT molecular complexity index is 186. The number of aliphatic hydroxyl groups is 1. The van der Waals surface area contributed by atoms with Crippen molar-refractivity contribution in [2.75, 3.05) is 0 Å². The third-order valence-electron chi connectivity index (χ3n) is 1.36. The molecule has 0 saturated carbocycles. The molecule has 2 N–H and O–H groups in total. The van der Waals surface area contributed by atoms with Gasteiger partial charge in [-0.25, -0.2) is 4.79 Å². The van der Waals surface area contributed by atoms with Crippen LogP contribution in [0.4, 0.5) is 0 Å². The van der Waals surface area contributed by atoms with Crippen molar-refractivity contribution in [1.82, 2.24) is 0 Å². The van der Waals surface area contributed by atoms with E-state index in [-0.39, 0.29) is 11.3 Å². The van der Waals surface area contributed by atoms with Crippen LogP contribution in [0.15, 0.2) is 11.3 Å². The molecule has 0 aliphatic rings. The predicted molar refractivity (Wildman–Crippen MR) is 42.9 cm³/mol. The van der Waals surface area contributed by atoms with E-state index in [1.165, 1.54) is 6.92 Å². The van der Waals surface area contributed by atoms with Gasteiger partial charge in [0.2, 0.25) is 0 Å². The fourth-order valence-electron chi connectivity index (χ4n) is 0.538. The number of allylic oxidation sites excluding steroid dienone is 1. The average Bonchev–Trinajstić information content (AvgIpc) is 2.00. The topological polar surface area (TPSA) is 57.5 Å². The largest absolute Gasteiger partial charge is 0.510 e. The number of hydrogen-bond acceptors (Lipinski definition) is 2. The zero-order valence-corrected chi connectivity index (χ0v) is 7.22. The van der Waals surface area contributed by atoms with E-state index in [0.29, 0.717) is 6.42 Å². The van der Waals surface area contributed by atoms with Crippen LogP contribution < -0.4 is 0 Å². The maximum atomic E-state index is 10.3. The quantitative estimate of drug-likeness (QED) is 0.394. The Labute approximate surface area is 70.3 Å². The number of carboxylic acid groups (broad SMARTS) is 1. The summed E-state index contributed by atoms with van der Waals surface area (Å²) in [4.78, 5) is 10.3. The number of aliphatic hydroxyl groups excluding tert-OH is 1. The van der Waals surface area contributed by atoms with Crippen molar-refractivity contribution in [3.8, 4) is 0 Å². The highest BCUT2D eigenvalue weighted by Crippen LogP contribution is 2.14. The van der Waals surface area contributed by atoms with E-state index in [1.54, 1.807) is 6.92 Å². The molecule has 1 atom stereocenters. The Kier molecular flexibility index (Phi) is 3.97. The molecule has 0 radical (unpaired) electrons. The molecule has 64 valence electrons. The van der Waals surface area contributed by atoms with Crippen LogP contribution in [0.5, 0.6) is 0 Å². The summed E-state index contributed by atoms with van der Waals surface area (Å²) in [6.45, 7) is 3.09. The first-order valence-corrected chi connectivity index (χ1v) is 3.71. The van der Waals surface area contributed by atoms with Crippen molar-refractivity contribution in [2.45, 2.75) is 25.6 Å². The molecule has 0 aliphatic carbocycles. The van der Waals surface area contributed by atoms with Gasteiger partial charge in [-0.05, 0) is 13.3 Å². The fraction of sp³-hybridized carbons (Fsp3) is 0.571. The summed E-state index contributed by atoms with van der Waals surface area (Å²) >= 11 is 5.58. The molecule has 3 nitrogen and oxygen atoms in total. The van der Waals surface area contributed by atoms with Gasteiger partial charge >= 0.3 is 5.97 Å². The van der Waals surface area contributed by atoms with E-state index in [4.69, 9.17) is 21.8 Å². The highest BCUT2D eigenvalue weighted by atomic mass is 35.5. The number of alkyl halides is 1. The normalized spacial score (nSPS) is 15.5. The molecule has 0 aliphatic heterocycles. The van der Waals surface area contributed by atoms with Gasteiger partial charge in [-0.2, -0.15) is 0 Å². The first-order valence-electron chi connectivity index (χ1n) is 3.27. The van der Waals surface area contributed by atoms with E-state index in [9.17, 15) is 4.79 Å². The fourth-order valence-corrected chi connectivity index (χ4v) is 0.701. The van der Waals surface area contributed by atoms with Crippen LogP contribution in [-0.4, -0.2) is 21.6 Å². The summed E-state index contributed by atoms with van der Waals surface area (Å²) in [6.07, 6.45) is 0.512. The zero-order chi connectivity index (χ0) is 9.02. The van der Waals surface area contributed by atoms with Crippen LogP contribution in [0.2, 0.25) is 0 Å². The van der Waals surface area contributed by atoms with Crippen LogP contribution in [0.1, 0.15) is 20.3 Å². The molecular weight excluding hydrogens is 168 g/mol. The monoisotopic (exact) mass is 178 g/mol. The van der Waals surface area contributed by atoms with E-state index in [2.05, 4.69) is 0 Å². The van der Waals surface area contributed by atoms with Gasteiger partial charge in [-0.1, -0.05) is 6.92 Å². The van der Waals surface area contributed by atoms with Gasteiger partial charge in [0.1, 0.15) is 5.76 Å². The Balaban J connectivity index is 4.51. The van der Waals surface area contributed by atoms with Crippen molar-refractivity contribution in [3.63, 3.8) is 0 Å². The summed E-state index contributed by atoms with van der Waals surface area (Å²) in [5, 5.41) is 17.0. The third kappa shape index (κ3) is 2.80. The van der Waals surface area contributed by atoms with Crippen LogP contribution >= 0.6 is 11.6 Å². The first-order chi connectivity index (χ1) is 5.00. The van der Waals surface area contributed by atoms with Crippen molar-refractivity contribution in [1.29, 1.82) is 0 Å². The standard InChI is InChI=1S/C7H11ClO3/c1-3-5(8)6(9)4(2)7(10)11/h5,9H,3H2,1-2H3,(H,10,11)/b6-4+. The minimum atomic E-state index is -1.14. The molecule has 11 heavy (non-hydrogen) atoms. The van der Waals surface area contributed by atoms with E-state index in [0.717, 1.165) is 0 Å². The number of halogens is 1. The second kappa shape index (κ2) is 4.23. The van der Waals surface area contributed by atoms with E-state index >= 15 is 0 Å². The van der Waals surface area contributed by atoms with Crippen LogP contribution in [-0.2, 0) is 4.79 Å². The van der Waals surface area contributed by atoms with Gasteiger partial charge in [0.25, 0.3) is 0 Å².